The Morgan fingerprint density at radius 2 is 1.62 bits per heavy atom. The fraction of sp³-hybridized carbons (Fsp3) is 0.176. The van der Waals surface area contributed by atoms with Gasteiger partial charge in [0.25, 0.3) is 0 Å². The minimum Gasteiger partial charge on any atom is -0.493 e. The molecule has 3 rings (SSSR count). The Morgan fingerprint density at radius 3 is 2.25 bits per heavy atom. The molecule has 0 unspecified atom stereocenters. The molecule has 7 heteroatoms. The average molecular weight is 330 g/mol. The van der Waals surface area contributed by atoms with E-state index in [1.54, 1.807) is 12.1 Å². The monoisotopic (exact) mass is 330 g/mol. The fourth-order valence-corrected chi connectivity index (χ4v) is 2.58. The zero-order chi connectivity index (χ0) is 17.3. The van der Waals surface area contributed by atoms with Gasteiger partial charge in [-0.1, -0.05) is 6.07 Å². The second-order valence-corrected chi connectivity index (χ2v) is 5.04. The summed E-state index contributed by atoms with van der Waals surface area (Å²) in [5, 5.41) is 18.4. The maximum atomic E-state index is 11.4. The van der Waals surface area contributed by atoms with Gasteiger partial charge >= 0.3 is 11.9 Å². The van der Waals surface area contributed by atoms with E-state index in [9.17, 15) is 14.7 Å². The summed E-state index contributed by atoms with van der Waals surface area (Å²) in [4.78, 5) is 22.5. The zero-order valence-electron chi connectivity index (χ0n) is 12.7. The van der Waals surface area contributed by atoms with Crippen molar-refractivity contribution in [3.8, 4) is 28.4 Å². The summed E-state index contributed by atoms with van der Waals surface area (Å²) in [6.07, 6.45) is 0. The minimum absolute atomic E-state index is 0.272. The zero-order valence-corrected chi connectivity index (χ0v) is 12.7. The van der Waals surface area contributed by atoms with Crippen LogP contribution in [0.15, 0.2) is 30.3 Å². The van der Waals surface area contributed by atoms with Crippen LogP contribution in [-0.2, 0) is 0 Å². The standard InChI is InChI=1S/C17H14O7/c1-22-13-5-4-10(14-15(13)24-7-6-23-14)9-2-3-11(16(18)19)12(8-9)17(20)21/h2-5,8H,6-7H2,1H3,(H,18,19)(H,20,21). The molecule has 0 aliphatic carbocycles. The minimum atomic E-state index is -1.31. The van der Waals surface area contributed by atoms with Gasteiger partial charge in [-0.25, -0.2) is 9.59 Å². The van der Waals surface area contributed by atoms with Gasteiger partial charge in [0.15, 0.2) is 11.5 Å². The Hall–Kier alpha value is -3.22. The SMILES string of the molecule is COc1ccc(-c2ccc(C(=O)O)c(C(=O)O)c2)c2c1OCCO2. The Morgan fingerprint density at radius 1 is 0.958 bits per heavy atom. The van der Waals surface area contributed by atoms with Gasteiger partial charge in [0.05, 0.1) is 18.2 Å². The highest BCUT2D eigenvalue weighted by molar-refractivity contribution is 6.03. The predicted octanol–water partition coefficient (Wildman–Crippen LogP) is 2.53. The summed E-state index contributed by atoms with van der Waals surface area (Å²) in [7, 11) is 1.51. The molecule has 0 saturated carbocycles. The van der Waals surface area contributed by atoms with Crippen LogP contribution in [0.2, 0.25) is 0 Å². The molecular weight excluding hydrogens is 316 g/mol. The number of hydrogen-bond acceptors (Lipinski definition) is 5. The van der Waals surface area contributed by atoms with Crippen molar-refractivity contribution in [1.82, 2.24) is 0 Å². The highest BCUT2D eigenvalue weighted by atomic mass is 16.6. The van der Waals surface area contributed by atoms with Crippen molar-refractivity contribution in [2.24, 2.45) is 0 Å². The number of carboxylic acids is 2. The van der Waals surface area contributed by atoms with E-state index >= 15 is 0 Å². The Balaban J connectivity index is 2.18. The smallest absolute Gasteiger partial charge is 0.336 e. The van der Waals surface area contributed by atoms with Gasteiger partial charge in [0.2, 0.25) is 5.75 Å². The molecule has 0 spiro atoms. The van der Waals surface area contributed by atoms with Crippen LogP contribution in [0, 0.1) is 0 Å². The van der Waals surface area contributed by atoms with Crippen LogP contribution in [0.4, 0.5) is 0 Å². The molecule has 0 bridgehead atoms. The van der Waals surface area contributed by atoms with Crippen LogP contribution >= 0.6 is 0 Å². The van der Waals surface area contributed by atoms with E-state index in [4.69, 9.17) is 19.3 Å². The number of methoxy groups -OCH3 is 1. The van der Waals surface area contributed by atoms with Crippen molar-refractivity contribution in [1.29, 1.82) is 0 Å². The highest BCUT2D eigenvalue weighted by Crippen LogP contribution is 2.46. The number of rotatable bonds is 4. The largest absolute Gasteiger partial charge is 0.493 e. The number of benzene rings is 2. The molecule has 2 aromatic rings. The van der Waals surface area contributed by atoms with E-state index in [1.165, 1.54) is 25.3 Å². The van der Waals surface area contributed by atoms with E-state index < -0.39 is 11.9 Å². The van der Waals surface area contributed by atoms with E-state index in [2.05, 4.69) is 0 Å². The van der Waals surface area contributed by atoms with Crippen molar-refractivity contribution in [2.75, 3.05) is 20.3 Å². The van der Waals surface area contributed by atoms with Crippen molar-refractivity contribution in [3.63, 3.8) is 0 Å². The van der Waals surface area contributed by atoms with Crippen LogP contribution in [-0.4, -0.2) is 42.5 Å². The number of fused-ring (bicyclic) bond motifs is 1. The first-order valence-electron chi connectivity index (χ1n) is 7.10. The summed E-state index contributed by atoms with van der Waals surface area (Å²) in [5.41, 5.74) is 0.554. The second kappa shape index (κ2) is 6.11. The molecule has 1 heterocycles. The summed E-state index contributed by atoms with van der Waals surface area (Å²) >= 11 is 0. The lowest BCUT2D eigenvalue weighted by Crippen LogP contribution is -2.16. The number of carboxylic acid groups (broad SMARTS) is 2. The number of aromatic carboxylic acids is 2. The molecule has 2 N–H and O–H groups in total. The summed E-state index contributed by atoms with van der Waals surface area (Å²) in [6.45, 7) is 0.733. The third kappa shape index (κ3) is 2.60. The van der Waals surface area contributed by atoms with Gasteiger partial charge in [-0.05, 0) is 29.8 Å². The summed E-state index contributed by atoms with van der Waals surface area (Å²) in [5.74, 6) is -1.21. The third-order valence-electron chi connectivity index (χ3n) is 3.66. The normalized spacial score (nSPS) is 12.5. The first-order valence-corrected chi connectivity index (χ1v) is 7.10. The molecule has 124 valence electrons. The van der Waals surface area contributed by atoms with Crippen molar-refractivity contribution < 1.29 is 34.0 Å². The maximum absolute atomic E-state index is 11.4. The molecule has 1 aliphatic rings. The highest BCUT2D eigenvalue weighted by Gasteiger charge is 2.23. The van der Waals surface area contributed by atoms with Gasteiger partial charge < -0.3 is 24.4 Å². The lowest BCUT2D eigenvalue weighted by Gasteiger charge is -2.23. The molecule has 7 nitrogen and oxygen atoms in total. The number of hydrogen-bond donors (Lipinski definition) is 2. The van der Waals surface area contributed by atoms with Crippen molar-refractivity contribution in [3.05, 3.63) is 41.5 Å². The lowest BCUT2D eigenvalue weighted by molar-refractivity contribution is 0.0651. The molecule has 0 amide bonds. The quantitative estimate of drug-likeness (QED) is 0.888. The Labute approximate surface area is 137 Å². The second-order valence-electron chi connectivity index (χ2n) is 5.04. The molecule has 0 fully saturated rings. The molecular formula is C17H14O7. The van der Waals surface area contributed by atoms with Gasteiger partial charge in [0, 0.05) is 5.56 Å². The predicted molar refractivity (Wildman–Crippen MR) is 83.3 cm³/mol. The number of carbonyl (C=O) groups is 2. The molecule has 0 radical (unpaired) electrons. The maximum Gasteiger partial charge on any atom is 0.336 e. The van der Waals surface area contributed by atoms with Crippen LogP contribution < -0.4 is 14.2 Å². The van der Waals surface area contributed by atoms with Gasteiger partial charge in [-0.15, -0.1) is 0 Å². The van der Waals surface area contributed by atoms with E-state index in [-0.39, 0.29) is 11.1 Å². The molecule has 24 heavy (non-hydrogen) atoms. The summed E-state index contributed by atoms with van der Waals surface area (Å²) in [6, 6.07) is 7.52. The van der Waals surface area contributed by atoms with Crippen LogP contribution in [0.5, 0.6) is 17.2 Å². The van der Waals surface area contributed by atoms with Crippen LogP contribution in [0.3, 0.4) is 0 Å². The van der Waals surface area contributed by atoms with E-state index in [1.807, 2.05) is 0 Å². The third-order valence-corrected chi connectivity index (χ3v) is 3.66. The molecule has 2 aromatic carbocycles. The Bertz CT molecular complexity index is 826. The van der Waals surface area contributed by atoms with Crippen LogP contribution in [0.1, 0.15) is 20.7 Å². The first kappa shape index (κ1) is 15.7. The molecule has 0 atom stereocenters. The van der Waals surface area contributed by atoms with Gasteiger partial charge in [0.1, 0.15) is 13.2 Å². The van der Waals surface area contributed by atoms with E-state index in [0.717, 1.165) is 0 Å². The van der Waals surface area contributed by atoms with Crippen LogP contribution in [0.25, 0.3) is 11.1 Å². The molecule has 0 aromatic heterocycles. The van der Waals surface area contributed by atoms with Gasteiger partial charge in [-0.3, -0.25) is 0 Å². The van der Waals surface area contributed by atoms with Crippen molar-refractivity contribution >= 4 is 11.9 Å². The number of ether oxygens (including phenoxy) is 3. The Kier molecular flexibility index (Phi) is 3.99. The first-order chi connectivity index (χ1) is 11.5. The molecule has 0 saturated heterocycles. The lowest BCUT2D eigenvalue weighted by atomic mass is 9.97. The van der Waals surface area contributed by atoms with E-state index in [0.29, 0.717) is 41.6 Å². The summed E-state index contributed by atoms with van der Waals surface area (Å²) < 4.78 is 16.5. The fourth-order valence-electron chi connectivity index (χ4n) is 2.58. The average Bonchev–Trinajstić information content (AvgIpc) is 2.60. The van der Waals surface area contributed by atoms with Gasteiger partial charge in [-0.2, -0.15) is 0 Å². The topological polar surface area (TPSA) is 102 Å². The molecule has 1 aliphatic heterocycles. The van der Waals surface area contributed by atoms with Crippen molar-refractivity contribution in [2.45, 2.75) is 0 Å².